The molecular weight excluding hydrogens is 509 g/mol. The molecule has 2 amide bonds. The van der Waals surface area contributed by atoms with Crippen LogP contribution < -0.4 is 21.7 Å². The lowest BCUT2D eigenvalue weighted by Crippen LogP contribution is -2.43. The maximum atomic E-state index is 12.9. The Bertz CT molecular complexity index is 1520. The van der Waals surface area contributed by atoms with Crippen LogP contribution in [-0.2, 0) is 11.7 Å². The number of benzene rings is 3. The zero-order chi connectivity index (χ0) is 28.4. The molecule has 0 radical (unpaired) electrons. The van der Waals surface area contributed by atoms with Gasteiger partial charge in [0.15, 0.2) is 0 Å². The maximum Gasteiger partial charge on any atom is 0.416 e. The number of hydrogen-bond donors (Lipinski definition) is 3. The van der Waals surface area contributed by atoms with Crippen molar-refractivity contribution in [2.24, 2.45) is 11.5 Å². The monoisotopic (exact) mass is 536 g/mol. The Kier molecular flexibility index (Phi) is 7.55. The van der Waals surface area contributed by atoms with Crippen molar-refractivity contribution in [3.63, 3.8) is 0 Å². The molecule has 0 aliphatic heterocycles. The molecular formula is C28H27F3N6O2. The van der Waals surface area contributed by atoms with Gasteiger partial charge in [-0.2, -0.15) is 13.2 Å². The van der Waals surface area contributed by atoms with Gasteiger partial charge in [0, 0.05) is 23.7 Å². The predicted octanol–water partition coefficient (Wildman–Crippen LogP) is 4.70. The van der Waals surface area contributed by atoms with E-state index in [1.807, 2.05) is 24.9 Å². The number of nitrogens with one attached hydrogen (secondary N) is 1. The van der Waals surface area contributed by atoms with Crippen LogP contribution in [-0.4, -0.2) is 35.4 Å². The highest BCUT2D eigenvalue weighted by Gasteiger charge is 2.33. The molecule has 0 fully saturated rings. The fourth-order valence-electron chi connectivity index (χ4n) is 4.51. The largest absolute Gasteiger partial charge is 0.416 e. The molecule has 3 aromatic carbocycles. The van der Waals surface area contributed by atoms with Crippen molar-refractivity contribution in [3.05, 3.63) is 95.3 Å². The van der Waals surface area contributed by atoms with Crippen LogP contribution in [0, 0.1) is 0 Å². The van der Waals surface area contributed by atoms with E-state index in [9.17, 15) is 22.8 Å². The normalized spacial score (nSPS) is 13.1. The molecule has 8 nitrogen and oxygen atoms in total. The summed E-state index contributed by atoms with van der Waals surface area (Å²) >= 11 is 0. The van der Waals surface area contributed by atoms with Gasteiger partial charge in [-0.05, 0) is 74.0 Å². The SMILES string of the molecule is CN(c1ncnc2c(C(N)=O)cccc12)C(C)(CCN)c1cccc(NC(=O)c2ccc(C(F)(F)F)cc2)c1. The van der Waals surface area contributed by atoms with Crippen LogP contribution in [0.25, 0.3) is 10.9 Å². The molecule has 1 aromatic heterocycles. The van der Waals surface area contributed by atoms with E-state index in [0.29, 0.717) is 35.4 Å². The minimum absolute atomic E-state index is 0.0907. The number of primary amides is 1. The summed E-state index contributed by atoms with van der Waals surface area (Å²) in [6.45, 7) is 2.31. The van der Waals surface area contributed by atoms with Crippen molar-refractivity contribution >= 4 is 34.2 Å². The van der Waals surface area contributed by atoms with Gasteiger partial charge in [0.25, 0.3) is 11.8 Å². The van der Waals surface area contributed by atoms with Crippen molar-refractivity contribution in [1.82, 2.24) is 9.97 Å². The maximum absolute atomic E-state index is 12.9. The Morgan fingerprint density at radius 1 is 0.974 bits per heavy atom. The lowest BCUT2D eigenvalue weighted by atomic mass is 9.86. The number of fused-ring (bicyclic) bond motifs is 1. The quantitative estimate of drug-likeness (QED) is 0.300. The first-order chi connectivity index (χ1) is 18.5. The molecule has 4 aromatic rings. The van der Waals surface area contributed by atoms with Gasteiger partial charge >= 0.3 is 6.18 Å². The highest BCUT2D eigenvalue weighted by molar-refractivity contribution is 6.07. The topological polar surface area (TPSA) is 127 Å². The summed E-state index contributed by atoms with van der Waals surface area (Å²) in [4.78, 5) is 35.4. The first-order valence-electron chi connectivity index (χ1n) is 12.0. The Hall–Kier alpha value is -4.51. The molecule has 202 valence electrons. The van der Waals surface area contributed by atoms with Crippen molar-refractivity contribution in [3.8, 4) is 0 Å². The Labute approximate surface area is 222 Å². The van der Waals surface area contributed by atoms with E-state index in [0.717, 1.165) is 29.8 Å². The summed E-state index contributed by atoms with van der Waals surface area (Å²) in [7, 11) is 1.85. The Balaban J connectivity index is 1.68. The number of carbonyl (C=O) groups is 2. The molecule has 0 aliphatic rings. The highest BCUT2D eigenvalue weighted by atomic mass is 19.4. The Morgan fingerprint density at radius 3 is 2.31 bits per heavy atom. The van der Waals surface area contributed by atoms with E-state index in [1.54, 1.807) is 36.4 Å². The smallest absolute Gasteiger partial charge is 0.366 e. The average molecular weight is 537 g/mol. The third-order valence-corrected chi connectivity index (χ3v) is 6.82. The molecule has 5 N–H and O–H groups in total. The fourth-order valence-corrected chi connectivity index (χ4v) is 4.51. The predicted molar refractivity (Wildman–Crippen MR) is 143 cm³/mol. The van der Waals surface area contributed by atoms with E-state index in [1.165, 1.54) is 6.33 Å². The third kappa shape index (κ3) is 5.53. The van der Waals surface area contributed by atoms with Crippen molar-refractivity contribution < 1.29 is 22.8 Å². The molecule has 0 bridgehead atoms. The molecule has 39 heavy (non-hydrogen) atoms. The lowest BCUT2D eigenvalue weighted by molar-refractivity contribution is -0.137. The molecule has 0 aliphatic carbocycles. The number of alkyl halides is 3. The second kappa shape index (κ2) is 10.7. The Morgan fingerprint density at radius 2 is 1.67 bits per heavy atom. The molecule has 1 unspecified atom stereocenters. The standard InChI is InChI=1S/C28H27F3N6O2/c1-27(13-14-32,37(2)25-22-8-4-7-21(24(33)38)23(22)34-16-35-25)19-5-3-6-20(15-19)36-26(39)17-9-11-18(12-10-17)28(29,30)31/h3-12,15-16H,13-14,32H2,1-2H3,(H2,33,38)(H,36,39). The average Bonchev–Trinajstić information content (AvgIpc) is 2.91. The molecule has 0 saturated heterocycles. The summed E-state index contributed by atoms with van der Waals surface area (Å²) < 4.78 is 38.6. The number of nitrogens with two attached hydrogens (primary N) is 2. The van der Waals surface area contributed by atoms with Gasteiger partial charge in [-0.3, -0.25) is 9.59 Å². The number of halogens is 3. The van der Waals surface area contributed by atoms with Gasteiger partial charge in [0.2, 0.25) is 0 Å². The summed E-state index contributed by atoms with van der Waals surface area (Å²) in [5.74, 6) is -0.595. The van der Waals surface area contributed by atoms with E-state index in [2.05, 4.69) is 15.3 Å². The number of para-hydroxylation sites is 1. The number of carbonyl (C=O) groups excluding carboxylic acids is 2. The summed E-state index contributed by atoms with van der Waals surface area (Å²) in [5, 5.41) is 3.38. The zero-order valence-electron chi connectivity index (χ0n) is 21.3. The molecule has 1 heterocycles. The van der Waals surface area contributed by atoms with Gasteiger partial charge in [-0.1, -0.05) is 18.2 Å². The van der Waals surface area contributed by atoms with Crippen molar-refractivity contribution in [2.75, 3.05) is 23.8 Å². The van der Waals surface area contributed by atoms with Crippen LogP contribution in [0.4, 0.5) is 24.7 Å². The van der Waals surface area contributed by atoms with Crippen LogP contribution in [0.3, 0.4) is 0 Å². The van der Waals surface area contributed by atoms with Gasteiger partial charge in [0.1, 0.15) is 12.1 Å². The van der Waals surface area contributed by atoms with Gasteiger partial charge in [-0.15, -0.1) is 0 Å². The van der Waals surface area contributed by atoms with Gasteiger partial charge in [0.05, 0.1) is 22.2 Å². The third-order valence-electron chi connectivity index (χ3n) is 6.82. The first-order valence-corrected chi connectivity index (χ1v) is 12.0. The number of rotatable bonds is 8. The molecule has 11 heteroatoms. The fraction of sp³-hybridized carbons (Fsp3) is 0.214. The van der Waals surface area contributed by atoms with Crippen LogP contribution in [0.1, 0.15) is 45.2 Å². The molecule has 4 rings (SSSR count). The number of hydrogen-bond acceptors (Lipinski definition) is 6. The number of nitrogens with zero attached hydrogens (tertiary/aromatic N) is 3. The van der Waals surface area contributed by atoms with E-state index >= 15 is 0 Å². The van der Waals surface area contributed by atoms with Crippen LogP contribution >= 0.6 is 0 Å². The highest BCUT2D eigenvalue weighted by Crippen LogP contribution is 2.37. The van der Waals surface area contributed by atoms with E-state index in [4.69, 9.17) is 11.5 Å². The zero-order valence-corrected chi connectivity index (χ0v) is 21.3. The van der Waals surface area contributed by atoms with Crippen LogP contribution in [0.15, 0.2) is 73.1 Å². The summed E-state index contributed by atoms with van der Waals surface area (Å²) in [5.41, 5.74) is 12.1. The van der Waals surface area contributed by atoms with Crippen LogP contribution in [0.5, 0.6) is 0 Å². The number of aromatic nitrogens is 2. The first kappa shape index (κ1) is 27.5. The molecule has 0 saturated carbocycles. The van der Waals surface area contributed by atoms with Crippen molar-refractivity contribution in [1.29, 1.82) is 0 Å². The second-order valence-electron chi connectivity index (χ2n) is 9.24. The number of anilines is 2. The van der Waals surface area contributed by atoms with Gasteiger partial charge < -0.3 is 21.7 Å². The van der Waals surface area contributed by atoms with Gasteiger partial charge in [-0.25, -0.2) is 9.97 Å². The molecule has 0 spiro atoms. The van der Waals surface area contributed by atoms with E-state index in [-0.39, 0.29) is 11.1 Å². The molecule has 1 atom stereocenters. The van der Waals surface area contributed by atoms with Crippen molar-refractivity contribution in [2.45, 2.75) is 25.1 Å². The summed E-state index contributed by atoms with van der Waals surface area (Å²) in [6.07, 6.45) is -2.62. The lowest BCUT2D eigenvalue weighted by Gasteiger charge is -2.41. The summed E-state index contributed by atoms with van der Waals surface area (Å²) in [6, 6.07) is 16.2. The number of amides is 2. The second-order valence-corrected chi connectivity index (χ2v) is 9.24. The van der Waals surface area contributed by atoms with E-state index < -0.39 is 29.1 Å². The minimum Gasteiger partial charge on any atom is -0.366 e. The van der Waals surface area contributed by atoms with Crippen LogP contribution in [0.2, 0.25) is 0 Å². The minimum atomic E-state index is -4.49.